The van der Waals surface area contributed by atoms with Crippen molar-refractivity contribution in [1.29, 1.82) is 0 Å². The number of carbonyl (C=O) groups excluding carboxylic acids is 1. The Morgan fingerprint density at radius 3 is 1.45 bits per heavy atom. The predicted octanol–water partition coefficient (Wildman–Crippen LogP) is 4.10. The van der Waals surface area contributed by atoms with Gasteiger partial charge in [-0.1, -0.05) is 6.58 Å². The molecule has 9 heteroatoms. The molecule has 130 valence electrons. The quantitative estimate of drug-likeness (QED) is 0.342. The molecule has 0 aromatic heterocycles. The monoisotopic (exact) mass is 380 g/mol. The van der Waals surface area contributed by atoms with Gasteiger partial charge in [0.15, 0.2) is 14.1 Å². The maximum Gasteiger partial charge on any atom is 0.383 e. The number of allylic oxidation sites excluding steroid dienone is 1. The summed E-state index contributed by atoms with van der Waals surface area (Å²) in [6.07, 6.45) is 0. The van der Waals surface area contributed by atoms with Crippen molar-refractivity contribution in [2.24, 2.45) is 0 Å². The fraction of sp³-hybridized carbons (Fsp3) is 0.769. The summed E-state index contributed by atoms with van der Waals surface area (Å²) in [6, 6.07) is 0. The standard InChI is InChI=1S/C13H32O5Si4/c1-12(14)13(2)15-20(6,7)17-22(10,11)18-21(8,9)16-19(3,4)5/h2H2,1,3-11H3. The highest BCUT2D eigenvalue weighted by molar-refractivity contribution is 6.88. The zero-order valence-electron chi connectivity index (χ0n) is 15.7. The van der Waals surface area contributed by atoms with Crippen molar-refractivity contribution >= 4 is 39.8 Å². The minimum absolute atomic E-state index is 0.149. The van der Waals surface area contributed by atoms with E-state index >= 15 is 0 Å². The molecule has 0 aliphatic carbocycles. The van der Waals surface area contributed by atoms with Gasteiger partial charge in [0.25, 0.3) is 0 Å². The van der Waals surface area contributed by atoms with E-state index < -0.39 is 34.0 Å². The van der Waals surface area contributed by atoms with Crippen LogP contribution in [0.5, 0.6) is 0 Å². The highest BCUT2D eigenvalue weighted by Gasteiger charge is 2.44. The van der Waals surface area contributed by atoms with Gasteiger partial charge in [-0.25, -0.2) is 0 Å². The summed E-state index contributed by atoms with van der Waals surface area (Å²) in [5, 5.41) is 0. The fourth-order valence-electron chi connectivity index (χ4n) is 2.35. The molecule has 0 aromatic carbocycles. The molecule has 22 heavy (non-hydrogen) atoms. The van der Waals surface area contributed by atoms with Crippen LogP contribution in [0.3, 0.4) is 0 Å². The van der Waals surface area contributed by atoms with Gasteiger partial charge in [0.1, 0.15) is 5.76 Å². The lowest BCUT2D eigenvalue weighted by molar-refractivity contribution is -0.115. The van der Waals surface area contributed by atoms with Gasteiger partial charge in [-0.15, -0.1) is 0 Å². The van der Waals surface area contributed by atoms with Crippen LogP contribution in [-0.4, -0.2) is 39.8 Å². The van der Waals surface area contributed by atoms with Crippen LogP contribution in [0.1, 0.15) is 6.92 Å². The van der Waals surface area contributed by atoms with Gasteiger partial charge in [-0.3, -0.25) is 4.79 Å². The summed E-state index contributed by atoms with van der Waals surface area (Å²) in [7, 11) is -8.89. The van der Waals surface area contributed by atoms with Gasteiger partial charge in [0.05, 0.1) is 0 Å². The van der Waals surface area contributed by atoms with Crippen LogP contribution < -0.4 is 0 Å². The van der Waals surface area contributed by atoms with Gasteiger partial charge < -0.3 is 16.8 Å². The highest BCUT2D eigenvalue weighted by atomic mass is 28.5. The first-order valence-electron chi connectivity index (χ1n) is 7.44. The van der Waals surface area contributed by atoms with Crippen LogP contribution in [0.15, 0.2) is 12.3 Å². The molecule has 0 saturated heterocycles. The number of hydrogen-bond donors (Lipinski definition) is 0. The zero-order valence-corrected chi connectivity index (χ0v) is 19.7. The van der Waals surface area contributed by atoms with Crippen molar-refractivity contribution in [3.05, 3.63) is 12.3 Å². The Kier molecular flexibility index (Phi) is 7.23. The van der Waals surface area contributed by atoms with E-state index in [0.29, 0.717) is 0 Å². The molecule has 0 atom stereocenters. The second kappa shape index (κ2) is 7.24. The average molecular weight is 381 g/mol. The molecule has 5 nitrogen and oxygen atoms in total. The molecule has 0 fully saturated rings. The van der Waals surface area contributed by atoms with E-state index in [4.69, 9.17) is 16.8 Å². The Hall–Kier alpha value is -0.0425. The van der Waals surface area contributed by atoms with Crippen LogP contribution in [0.25, 0.3) is 0 Å². The number of carbonyl (C=O) groups is 1. The second-order valence-corrected chi connectivity index (χ2v) is 23.0. The van der Waals surface area contributed by atoms with E-state index in [1.165, 1.54) is 6.92 Å². The number of hydrogen-bond acceptors (Lipinski definition) is 5. The Morgan fingerprint density at radius 1 is 0.727 bits per heavy atom. The maximum atomic E-state index is 11.3. The number of rotatable bonds is 9. The summed E-state index contributed by atoms with van der Waals surface area (Å²) in [6.45, 7) is 23.4. The van der Waals surface area contributed by atoms with E-state index in [9.17, 15) is 4.79 Å². The van der Waals surface area contributed by atoms with Gasteiger partial charge in [0, 0.05) is 6.92 Å². The van der Waals surface area contributed by atoms with Gasteiger partial charge in [-0.05, 0) is 58.9 Å². The molecule has 0 N–H and O–H groups in total. The van der Waals surface area contributed by atoms with Crippen LogP contribution in [0.4, 0.5) is 0 Å². The molecule has 0 bridgehead atoms. The molecule has 0 spiro atoms. The SMILES string of the molecule is C=C(O[Si](C)(C)O[Si](C)(C)O[Si](C)(C)O[Si](C)(C)C)C(C)=O. The molecular weight excluding hydrogens is 348 g/mol. The molecule has 0 rings (SSSR count). The Labute approximate surface area is 139 Å². The third kappa shape index (κ3) is 9.87. The number of Topliss-reactive ketones (excluding diaryl/α,β-unsaturated/α-hetero) is 1. The van der Waals surface area contributed by atoms with Crippen LogP contribution in [0.2, 0.25) is 58.9 Å². The largest absolute Gasteiger partial charge is 0.519 e. The Balaban J connectivity index is 4.88. The van der Waals surface area contributed by atoms with Crippen LogP contribution >= 0.6 is 0 Å². The smallest absolute Gasteiger partial charge is 0.383 e. The van der Waals surface area contributed by atoms with Crippen molar-refractivity contribution in [2.45, 2.75) is 65.8 Å². The number of ketones is 1. The lowest BCUT2D eigenvalue weighted by Crippen LogP contribution is -2.56. The first-order chi connectivity index (χ1) is 9.45. The third-order valence-corrected chi connectivity index (χ3v) is 15.3. The van der Waals surface area contributed by atoms with Crippen molar-refractivity contribution in [2.75, 3.05) is 0 Å². The molecule has 0 radical (unpaired) electrons. The van der Waals surface area contributed by atoms with Gasteiger partial charge in [0.2, 0.25) is 0 Å². The zero-order chi connectivity index (χ0) is 18.0. The maximum absolute atomic E-state index is 11.3. The van der Waals surface area contributed by atoms with Crippen molar-refractivity contribution in [3.8, 4) is 0 Å². The first-order valence-corrected chi connectivity index (χ1v) is 19.3. The topological polar surface area (TPSA) is 54.0 Å². The van der Waals surface area contributed by atoms with Gasteiger partial charge >= 0.3 is 25.7 Å². The van der Waals surface area contributed by atoms with E-state index in [-0.39, 0.29) is 11.5 Å². The van der Waals surface area contributed by atoms with E-state index in [1.807, 2.05) is 39.3 Å². The normalized spacial score (nSPS) is 13.9. The van der Waals surface area contributed by atoms with Crippen molar-refractivity contribution in [1.82, 2.24) is 0 Å². The summed E-state index contributed by atoms with van der Waals surface area (Å²) < 4.78 is 24.3. The van der Waals surface area contributed by atoms with E-state index in [1.54, 1.807) is 0 Å². The molecule has 0 amide bonds. The molecule has 0 aliphatic heterocycles. The lowest BCUT2D eigenvalue weighted by Gasteiger charge is -2.39. The molecule has 0 aromatic rings. The van der Waals surface area contributed by atoms with Crippen LogP contribution in [-0.2, 0) is 21.6 Å². The third-order valence-electron chi connectivity index (χ3n) is 2.30. The summed E-state index contributed by atoms with van der Waals surface area (Å²) >= 11 is 0. The van der Waals surface area contributed by atoms with Gasteiger partial charge in [-0.2, -0.15) is 0 Å². The Morgan fingerprint density at radius 2 is 1.09 bits per heavy atom. The van der Waals surface area contributed by atoms with E-state index in [2.05, 4.69) is 26.2 Å². The summed E-state index contributed by atoms with van der Waals surface area (Å²) in [5.74, 6) is -0.0299. The summed E-state index contributed by atoms with van der Waals surface area (Å²) in [4.78, 5) is 11.3. The van der Waals surface area contributed by atoms with E-state index in [0.717, 1.165) is 0 Å². The Bertz CT molecular complexity index is 427. The highest BCUT2D eigenvalue weighted by Crippen LogP contribution is 2.25. The fourth-order valence-corrected chi connectivity index (χ4v) is 19.7. The first kappa shape index (κ1) is 22.0. The molecule has 0 saturated carbocycles. The molecule has 0 heterocycles. The molecular formula is C13H32O5Si4. The minimum Gasteiger partial charge on any atom is -0.519 e. The minimum atomic E-state index is -2.53. The predicted molar refractivity (Wildman–Crippen MR) is 100.0 cm³/mol. The average Bonchev–Trinajstić information content (AvgIpc) is 2.06. The lowest BCUT2D eigenvalue weighted by atomic mass is 10.4. The van der Waals surface area contributed by atoms with Crippen LogP contribution in [0, 0.1) is 0 Å². The second-order valence-electron chi connectivity index (χ2n) is 7.70. The molecule has 0 aliphatic rings. The van der Waals surface area contributed by atoms with Crippen molar-refractivity contribution < 1.29 is 21.6 Å². The molecule has 0 unspecified atom stereocenters. The van der Waals surface area contributed by atoms with Crippen molar-refractivity contribution in [3.63, 3.8) is 0 Å². The summed E-state index contributed by atoms with van der Waals surface area (Å²) in [5.41, 5.74) is 0.